The van der Waals surface area contributed by atoms with E-state index in [-0.39, 0.29) is 11.4 Å². The van der Waals surface area contributed by atoms with Gasteiger partial charge in [0, 0.05) is 5.56 Å². The van der Waals surface area contributed by atoms with E-state index < -0.39 is 4.92 Å². The molecule has 0 amide bonds. The molecular formula is C10H13NO3. The van der Waals surface area contributed by atoms with E-state index in [9.17, 15) is 15.2 Å². The van der Waals surface area contributed by atoms with Gasteiger partial charge in [-0.25, -0.2) is 0 Å². The number of aryl methyl sites for hydroxylation is 1. The summed E-state index contributed by atoms with van der Waals surface area (Å²) in [4.78, 5) is 10.2. The Morgan fingerprint density at radius 1 is 1.36 bits per heavy atom. The normalized spacial score (nSPS) is 10.1. The van der Waals surface area contributed by atoms with Crippen LogP contribution in [0.3, 0.4) is 0 Å². The Labute approximate surface area is 82.3 Å². The molecule has 4 heteroatoms. The van der Waals surface area contributed by atoms with Gasteiger partial charge >= 0.3 is 5.69 Å². The van der Waals surface area contributed by atoms with Crippen LogP contribution in [0.5, 0.6) is 5.75 Å². The van der Waals surface area contributed by atoms with Crippen molar-refractivity contribution >= 4 is 5.69 Å². The molecule has 14 heavy (non-hydrogen) atoms. The zero-order valence-corrected chi connectivity index (χ0v) is 8.28. The maximum absolute atomic E-state index is 10.7. The number of phenolic OH excluding ortho intramolecular Hbond substituents is 1. The molecule has 0 fully saturated rings. The van der Waals surface area contributed by atoms with Crippen molar-refractivity contribution < 1.29 is 10.0 Å². The second-order valence-electron chi connectivity index (χ2n) is 3.04. The van der Waals surface area contributed by atoms with Crippen LogP contribution in [-0.4, -0.2) is 10.0 Å². The number of nitrogens with zero attached hydrogens (tertiary/aromatic N) is 1. The van der Waals surface area contributed by atoms with Gasteiger partial charge in [0.05, 0.1) is 4.92 Å². The highest BCUT2D eigenvalue weighted by atomic mass is 16.6. The monoisotopic (exact) mass is 195 g/mol. The molecule has 0 aromatic heterocycles. The van der Waals surface area contributed by atoms with Gasteiger partial charge in [-0.3, -0.25) is 10.1 Å². The lowest BCUT2D eigenvalue weighted by molar-refractivity contribution is -0.386. The molecule has 76 valence electrons. The summed E-state index contributed by atoms with van der Waals surface area (Å²) in [5.74, 6) is -0.246. The molecule has 0 saturated heterocycles. The second kappa shape index (κ2) is 4.09. The fourth-order valence-corrected chi connectivity index (χ4v) is 1.60. The molecule has 1 aromatic rings. The standard InChI is InChI=1S/C10H13NO3/c1-3-7-5-6-9(12)10(11(13)14)8(7)4-2/h5-6,12H,3-4H2,1-2H3. The summed E-state index contributed by atoms with van der Waals surface area (Å²) in [6.07, 6.45) is 1.30. The van der Waals surface area contributed by atoms with Crippen molar-refractivity contribution in [3.8, 4) is 5.75 Å². The van der Waals surface area contributed by atoms with E-state index >= 15 is 0 Å². The van der Waals surface area contributed by atoms with Gasteiger partial charge in [-0.2, -0.15) is 0 Å². The Kier molecular flexibility index (Phi) is 3.06. The third kappa shape index (κ3) is 1.69. The van der Waals surface area contributed by atoms with Gasteiger partial charge in [-0.1, -0.05) is 19.9 Å². The van der Waals surface area contributed by atoms with Crippen LogP contribution >= 0.6 is 0 Å². The molecule has 0 radical (unpaired) electrons. The third-order valence-electron chi connectivity index (χ3n) is 2.28. The van der Waals surface area contributed by atoms with E-state index in [1.807, 2.05) is 13.8 Å². The van der Waals surface area contributed by atoms with Gasteiger partial charge in [0.1, 0.15) is 0 Å². The zero-order valence-electron chi connectivity index (χ0n) is 8.28. The van der Waals surface area contributed by atoms with Crippen LogP contribution in [0.2, 0.25) is 0 Å². The first kappa shape index (κ1) is 10.5. The minimum Gasteiger partial charge on any atom is -0.502 e. The van der Waals surface area contributed by atoms with Crippen molar-refractivity contribution in [1.82, 2.24) is 0 Å². The van der Waals surface area contributed by atoms with Crippen molar-refractivity contribution in [2.75, 3.05) is 0 Å². The van der Waals surface area contributed by atoms with Crippen molar-refractivity contribution in [3.63, 3.8) is 0 Å². The predicted molar refractivity (Wildman–Crippen MR) is 53.5 cm³/mol. The highest BCUT2D eigenvalue weighted by Gasteiger charge is 2.20. The number of hydrogen-bond donors (Lipinski definition) is 1. The van der Waals surface area contributed by atoms with Crippen LogP contribution in [0.1, 0.15) is 25.0 Å². The summed E-state index contributed by atoms with van der Waals surface area (Å²) in [6, 6.07) is 3.12. The number of benzene rings is 1. The van der Waals surface area contributed by atoms with Crippen LogP contribution < -0.4 is 0 Å². The van der Waals surface area contributed by atoms with Gasteiger partial charge in [0.25, 0.3) is 0 Å². The molecule has 1 rings (SSSR count). The fourth-order valence-electron chi connectivity index (χ4n) is 1.60. The summed E-state index contributed by atoms with van der Waals surface area (Å²) in [5, 5.41) is 20.1. The molecule has 0 aliphatic heterocycles. The van der Waals surface area contributed by atoms with E-state index in [0.29, 0.717) is 12.0 Å². The molecule has 0 aliphatic rings. The first-order chi connectivity index (χ1) is 6.61. The van der Waals surface area contributed by atoms with E-state index in [1.54, 1.807) is 6.07 Å². The first-order valence-corrected chi connectivity index (χ1v) is 4.59. The molecule has 0 saturated carbocycles. The average molecular weight is 195 g/mol. The Morgan fingerprint density at radius 2 is 2.00 bits per heavy atom. The van der Waals surface area contributed by atoms with Crippen molar-refractivity contribution in [2.45, 2.75) is 26.7 Å². The third-order valence-corrected chi connectivity index (χ3v) is 2.28. The maximum atomic E-state index is 10.7. The Morgan fingerprint density at radius 3 is 2.43 bits per heavy atom. The Hall–Kier alpha value is -1.58. The number of nitro benzene ring substituents is 1. The molecule has 1 N–H and O–H groups in total. The number of aromatic hydroxyl groups is 1. The number of rotatable bonds is 3. The zero-order chi connectivity index (χ0) is 10.7. The number of hydrogen-bond acceptors (Lipinski definition) is 3. The van der Waals surface area contributed by atoms with Gasteiger partial charge in [0.2, 0.25) is 0 Å². The lowest BCUT2D eigenvalue weighted by Crippen LogP contribution is -1.99. The van der Waals surface area contributed by atoms with Crippen LogP contribution in [-0.2, 0) is 12.8 Å². The molecule has 0 heterocycles. The quantitative estimate of drug-likeness (QED) is 0.595. The number of phenols is 1. The predicted octanol–water partition coefficient (Wildman–Crippen LogP) is 2.43. The van der Waals surface area contributed by atoms with E-state index in [2.05, 4.69) is 0 Å². The Balaban J connectivity index is 3.42. The van der Waals surface area contributed by atoms with E-state index in [4.69, 9.17) is 0 Å². The molecule has 0 aliphatic carbocycles. The van der Waals surface area contributed by atoms with Gasteiger partial charge < -0.3 is 5.11 Å². The summed E-state index contributed by atoms with van der Waals surface area (Å²) in [7, 11) is 0. The second-order valence-corrected chi connectivity index (χ2v) is 3.04. The lowest BCUT2D eigenvalue weighted by Gasteiger charge is -2.07. The fraction of sp³-hybridized carbons (Fsp3) is 0.400. The molecular weight excluding hydrogens is 182 g/mol. The van der Waals surface area contributed by atoms with Crippen LogP contribution in [0.4, 0.5) is 5.69 Å². The smallest absolute Gasteiger partial charge is 0.314 e. The minimum absolute atomic E-state index is 0.146. The molecule has 0 bridgehead atoms. The first-order valence-electron chi connectivity index (χ1n) is 4.59. The summed E-state index contributed by atoms with van der Waals surface area (Å²) < 4.78 is 0. The molecule has 0 spiro atoms. The van der Waals surface area contributed by atoms with Crippen molar-refractivity contribution in [2.24, 2.45) is 0 Å². The SMILES string of the molecule is CCc1ccc(O)c([N+](=O)[O-])c1CC. The molecule has 0 unspecified atom stereocenters. The van der Waals surface area contributed by atoms with Crippen molar-refractivity contribution in [1.29, 1.82) is 0 Å². The van der Waals surface area contributed by atoms with Crippen molar-refractivity contribution in [3.05, 3.63) is 33.4 Å². The number of nitro groups is 1. The summed E-state index contributed by atoms with van der Waals surface area (Å²) in [5.41, 5.74) is 1.42. The minimum atomic E-state index is -0.521. The van der Waals surface area contributed by atoms with Gasteiger partial charge in [-0.05, 0) is 24.5 Å². The van der Waals surface area contributed by atoms with Crippen LogP contribution in [0.15, 0.2) is 12.1 Å². The lowest BCUT2D eigenvalue weighted by atomic mass is 10.0. The maximum Gasteiger partial charge on any atom is 0.314 e. The summed E-state index contributed by atoms with van der Waals surface area (Å²) >= 11 is 0. The molecule has 4 nitrogen and oxygen atoms in total. The molecule has 0 atom stereocenters. The Bertz CT molecular complexity index is 361. The van der Waals surface area contributed by atoms with E-state index in [1.165, 1.54) is 6.07 Å². The topological polar surface area (TPSA) is 63.4 Å². The molecule has 1 aromatic carbocycles. The largest absolute Gasteiger partial charge is 0.502 e. The van der Waals surface area contributed by atoms with Crippen LogP contribution in [0, 0.1) is 10.1 Å². The average Bonchev–Trinajstić information content (AvgIpc) is 2.16. The summed E-state index contributed by atoms with van der Waals surface area (Å²) in [6.45, 7) is 3.79. The van der Waals surface area contributed by atoms with Gasteiger partial charge in [-0.15, -0.1) is 0 Å². The van der Waals surface area contributed by atoms with Crippen LogP contribution in [0.25, 0.3) is 0 Å². The highest BCUT2D eigenvalue weighted by Crippen LogP contribution is 2.32. The van der Waals surface area contributed by atoms with Gasteiger partial charge in [0.15, 0.2) is 5.75 Å². The van der Waals surface area contributed by atoms with E-state index in [0.717, 1.165) is 12.0 Å². The highest BCUT2D eigenvalue weighted by molar-refractivity contribution is 5.55.